The average Bonchev–Trinajstić information content (AvgIpc) is 3.08. The highest BCUT2D eigenvalue weighted by atomic mass is 16.5. The molecule has 2 aliphatic heterocycles. The molecule has 6 nitrogen and oxygen atoms in total. The van der Waals surface area contributed by atoms with E-state index in [-0.39, 0.29) is 5.75 Å². The summed E-state index contributed by atoms with van der Waals surface area (Å²) in [5, 5.41) is 11.9. The van der Waals surface area contributed by atoms with Gasteiger partial charge < -0.3 is 24.4 Å². The fraction of sp³-hybridized carbons (Fsp3) is 0.189. The van der Waals surface area contributed by atoms with Crippen LogP contribution < -0.4 is 19.3 Å². The predicted molar refractivity (Wildman–Crippen MR) is 171 cm³/mol. The number of fused-ring (bicyclic) bond motifs is 3. The molecule has 0 spiro atoms. The molecule has 0 bridgehead atoms. The second kappa shape index (κ2) is 10.9. The molecule has 1 fully saturated rings. The van der Waals surface area contributed by atoms with Crippen LogP contribution in [0.1, 0.15) is 23.1 Å². The summed E-state index contributed by atoms with van der Waals surface area (Å²) >= 11 is 0. The molecular weight excluding hydrogens is 536 g/mol. The molecule has 2 aliphatic rings. The van der Waals surface area contributed by atoms with Crippen molar-refractivity contribution in [1.82, 2.24) is 0 Å². The molecule has 43 heavy (non-hydrogen) atoms. The van der Waals surface area contributed by atoms with Crippen LogP contribution >= 0.6 is 0 Å². The van der Waals surface area contributed by atoms with Gasteiger partial charge in [0.25, 0.3) is 0 Å². The number of piperazine rings is 1. The van der Waals surface area contributed by atoms with Gasteiger partial charge in [0.05, 0.1) is 12.7 Å². The molecule has 5 aromatic carbocycles. The molecule has 1 N–H and O–H groups in total. The number of aromatic hydroxyl groups is 1. The highest BCUT2D eigenvalue weighted by molar-refractivity contribution is 6.05. The molecule has 0 radical (unpaired) electrons. The molecule has 0 saturated carbocycles. The van der Waals surface area contributed by atoms with E-state index in [1.54, 1.807) is 19.2 Å². The van der Waals surface area contributed by atoms with Crippen molar-refractivity contribution >= 4 is 33.7 Å². The maximum atomic E-state index is 12.5. The van der Waals surface area contributed by atoms with Crippen molar-refractivity contribution in [3.8, 4) is 17.2 Å². The third-order valence-electron chi connectivity index (χ3n) is 8.79. The number of anilines is 2. The second-order valence-corrected chi connectivity index (χ2v) is 11.1. The second-order valence-electron chi connectivity index (χ2n) is 11.1. The van der Waals surface area contributed by atoms with Crippen LogP contribution in [0.25, 0.3) is 16.3 Å². The number of methoxy groups -OCH3 is 1. The molecular formula is C37H32N2O4. The summed E-state index contributed by atoms with van der Waals surface area (Å²) in [7, 11) is 1.69. The van der Waals surface area contributed by atoms with Crippen molar-refractivity contribution in [3.05, 3.63) is 126 Å². The van der Waals surface area contributed by atoms with Gasteiger partial charge in [-0.15, -0.1) is 0 Å². The molecule has 7 rings (SSSR count). The van der Waals surface area contributed by atoms with Crippen LogP contribution in [0.15, 0.2) is 109 Å². The topological polar surface area (TPSA) is 62.2 Å². The van der Waals surface area contributed by atoms with Crippen LogP contribution in [0.4, 0.5) is 11.4 Å². The van der Waals surface area contributed by atoms with Crippen molar-refractivity contribution in [2.45, 2.75) is 12.0 Å². The lowest BCUT2D eigenvalue weighted by atomic mass is 9.77. The van der Waals surface area contributed by atoms with Crippen molar-refractivity contribution in [2.24, 2.45) is 0 Å². The van der Waals surface area contributed by atoms with E-state index < -0.39 is 5.60 Å². The summed E-state index contributed by atoms with van der Waals surface area (Å²) < 4.78 is 12.2. The molecule has 5 aromatic rings. The van der Waals surface area contributed by atoms with Crippen LogP contribution in [0.5, 0.6) is 17.2 Å². The average molecular weight is 569 g/mol. The first-order valence-corrected chi connectivity index (χ1v) is 14.6. The van der Waals surface area contributed by atoms with Crippen LogP contribution in [-0.4, -0.2) is 44.3 Å². The number of rotatable bonds is 5. The lowest BCUT2D eigenvalue weighted by Gasteiger charge is -2.41. The molecule has 1 atom stereocenters. The van der Waals surface area contributed by atoms with E-state index in [1.165, 1.54) is 5.69 Å². The first-order valence-electron chi connectivity index (χ1n) is 14.6. The summed E-state index contributed by atoms with van der Waals surface area (Å²) in [6.07, 6.45) is 0.322. The first kappa shape index (κ1) is 26.7. The zero-order chi connectivity index (χ0) is 29.4. The van der Waals surface area contributed by atoms with E-state index in [2.05, 4.69) is 52.1 Å². The predicted octanol–water partition coefficient (Wildman–Crippen LogP) is 6.82. The minimum Gasteiger partial charge on any atom is -0.507 e. The van der Waals surface area contributed by atoms with Crippen LogP contribution in [0.3, 0.4) is 0 Å². The van der Waals surface area contributed by atoms with E-state index in [0.717, 1.165) is 54.1 Å². The fourth-order valence-corrected chi connectivity index (χ4v) is 6.52. The smallest absolute Gasteiger partial charge is 0.164 e. The standard InChI is InChI=1S/C37H32N2O4/c1-42-31-16-14-30(15-17-31)39-22-20-38(21-23-39)29-12-10-28(11-13-29)37(27-6-3-2-4-7-27)24-26(25-40)36-33-8-5-9-34(41)32(33)18-19-35(36)43-37/h2-19,41H,20-24H2,1H3. The quantitative estimate of drug-likeness (QED) is 0.235. The van der Waals surface area contributed by atoms with Crippen molar-refractivity contribution in [1.29, 1.82) is 0 Å². The Labute approximate surface area is 251 Å². The van der Waals surface area contributed by atoms with Crippen molar-refractivity contribution in [3.63, 3.8) is 0 Å². The molecule has 0 aromatic heterocycles. The number of phenolic OH excluding ortho intramolecular Hbond substituents is 1. The molecule has 1 saturated heterocycles. The van der Waals surface area contributed by atoms with Gasteiger partial charge in [0, 0.05) is 66.1 Å². The number of benzene rings is 5. The molecule has 0 amide bonds. The third-order valence-corrected chi connectivity index (χ3v) is 8.79. The van der Waals surface area contributed by atoms with Gasteiger partial charge in [0.1, 0.15) is 23.2 Å². The fourth-order valence-electron chi connectivity index (χ4n) is 6.52. The molecule has 0 aliphatic carbocycles. The monoisotopic (exact) mass is 568 g/mol. The number of hydrogen-bond acceptors (Lipinski definition) is 6. The zero-order valence-corrected chi connectivity index (χ0v) is 24.0. The van der Waals surface area contributed by atoms with E-state index >= 15 is 0 Å². The maximum absolute atomic E-state index is 12.5. The van der Waals surface area contributed by atoms with Gasteiger partial charge >= 0.3 is 0 Å². The van der Waals surface area contributed by atoms with Crippen LogP contribution in [-0.2, 0) is 10.4 Å². The highest BCUT2D eigenvalue weighted by Crippen LogP contribution is 2.51. The van der Waals surface area contributed by atoms with E-state index in [0.29, 0.717) is 28.7 Å². The van der Waals surface area contributed by atoms with Gasteiger partial charge in [-0.05, 0) is 60.0 Å². The van der Waals surface area contributed by atoms with Crippen molar-refractivity contribution < 1.29 is 19.4 Å². The molecule has 1 unspecified atom stereocenters. The summed E-state index contributed by atoms with van der Waals surface area (Å²) in [4.78, 5) is 17.3. The summed E-state index contributed by atoms with van der Waals surface area (Å²) in [5.74, 6) is 3.88. The lowest BCUT2D eigenvalue weighted by molar-refractivity contribution is 0.109. The normalized spacial score (nSPS) is 18.1. The van der Waals surface area contributed by atoms with E-state index in [9.17, 15) is 9.90 Å². The zero-order valence-electron chi connectivity index (χ0n) is 24.0. The highest BCUT2D eigenvalue weighted by Gasteiger charge is 2.43. The Kier molecular flexibility index (Phi) is 6.77. The van der Waals surface area contributed by atoms with Gasteiger partial charge in [0.2, 0.25) is 0 Å². The van der Waals surface area contributed by atoms with Crippen molar-refractivity contribution in [2.75, 3.05) is 43.1 Å². The Balaban J connectivity index is 1.20. The van der Waals surface area contributed by atoms with Crippen LogP contribution in [0, 0.1) is 0 Å². The summed E-state index contributed by atoms with van der Waals surface area (Å²) in [6, 6.07) is 35.9. The first-order chi connectivity index (χ1) is 21.1. The minimum atomic E-state index is -0.906. The summed E-state index contributed by atoms with van der Waals surface area (Å²) in [6.45, 7) is 3.69. The van der Waals surface area contributed by atoms with Gasteiger partial charge in [-0.3, -0.25) is 0 Å². The van der Waals surface area contributed by atoms with Gasteiger partial charge in [-0.1, -0.05) is 54.6 Å². The van der Waals surface area contributed by atoms with Gasteiger partial charge in [0.15, 0.2) is 5.60 Å². The Hall–Kier alpha value is -5.19. The summed E-state index contributed by atoms with van der Waals surface area (Å²) in [5.41, 5.74) is 4.61. The molecule has 6 heteroatoms. The maximum Gasteiger partial charge on any atom is 0.164 e. The minimum absolute atomic E-state index is 0.172. The third kappa shape index (κ3) is 4.66. The number of nitrogens with zero attached hydrogens (tertiary/aromatic N) is 2. The lowest BCUT2D eigenvalue weighted by Crippen LogP contribution is -2.46. The number of hydrogen-bond donors (Lipinski definition) is 1. The number of ether oxygens (including phenoxy) is 2. The number of phenols is 1. The van der Waals surface area contributed by atoms with E-state index in [4.69, 9.17) is 9.47 Å². The van der Waals surface area contributed by atoms with Gasteiger partial charge in [-0.2, -0.15) is 0 Å². The SMILES string of the molecule is COc1ccc(N2CCN(c3ccc(C4(c5ccccc5)CC(=C=O)c5c(ccc6c(O)cccc56)O4)cc3)CC2)cc1. The Morgan fingerprint density at radius 3 is 1.98 bits per heavy atom. The van der Waals surface area contributed by atoms with Gasteiger partial charge in [-0.25, -0.2) is 4.79 Å². The largest absolute Gasteiger partial charge is 0.507 e. The Morgan fingerprint density at radius 2 is 1.35 bits per heavy atom. The molecule has 2 heterocycles. The van der Waals surface area contributed by atoms with E-state index in [1.807, 2.05) is 60.7 Å². The van der Waals surface area contributed by atoms with Crippen LogP contribution in [0.2, 0.25) is 0 Å². The number of carbonyl (C=O) groups excluding carboxylic acids is 1. The molecule has 214 valence electrons. The Bertz CT molecular complexity index is 1820. The Morgan fingerprint density at radius 1 is 0.721 bits per heavy atom.